The molecule has 0 saturated carbocycles. The van der Waals surface area contributed by atoms with Crippen molar-refractivity contribution in [1.82, 2.24) is 4.90 Å². The van der Waals surface area contributed by atoms with Gasteiger partial charge in [0.2, 0.25) is 0 Å². The van der Waals surface area contributed by atoms with E-state index in [0.717, 1.165) is 38.0 Å². The Morgan fingerprint density at radius 2 is 2.25 bits per heavy atom. The Bertz CT molecular complexity index is 491. The predicted molar refractivity (Wildman–Crippen MR) is 97.8 cm³/mol. The highest BCUT2D eigenvalue weighted by atomic mass is 35.5. The number of rotatable bonds is 10. The Labute approximate surface area is 154 Å². The molecule has 0 bridgehead atoms. The Hall–Kier alpha value is -0.360. The van der Waals surface area contributed by atoms with Crippen LogP contribution >= 0.6 is 23.2 Å². The molecule has 0 spiro atoms. The minimum Gasteiger partial charge on any atom is -0.395 e. The predicted octanol–water partition coefficient (Wildman–Crippen LogP) is 3.76. The van der Waals surface area contributed by atoms with E-state index in [4.69, 9.17) is 32.7 Å². The fraction of sp³-hybridized carbons (Fsp3) is 0.667. The molecule has 136 valence electrons. The Balaban J connectivity index is 1.88. The second-order valence-corrected chi connectivity index (χ2v) is 7.00. The van der Waals surface area contributed by atoms with E-state index in [9.17, 15) is 5.11 Å². The summed E-state index contributed by atoms with van der Waals surface area (Å²) in [6.45, 7) is 5.99. The van der Waals surface area contributed by atoms with Crippen molar-refractivity contribution in [2.45, 2.75) is 44.9 Å². The third-order valence-electron chi connectivity index (χ3n) is 4.42. The first-order chi connectivity index (χ1) is 11.6. The van der Waals surface area contributed by atoms with Crippen LogP contribution in [0.25, 0.3) is 0 Å². The summed E-state index contributed by atoms with van der Waals surface area (Å²) in [5, 5.41) is 11.0. The summed E-state index contributed by atoms with van der Waals surface area (Å²) in [5.74, 6) is 0. The molecule has 1 aromatic carbocycles. The zero-order chi connectivity index (χ0) is 17.4. The lowest BCUT2D eigenvalue weighted by molar-refractivity contribution is 0.0316. The van der Waals surface area contributed by atoms with Crippen molar-refractivity contribution in [3.8, 4) is 0 Å². The molecule has 1 heterocycles. The number of nitrogens with zero attached hydrogens (tertiary/aromatic N) is 1. The maximum atomic E-state index is 9.67. The van der Waals surface area contributed by atoms with Crippen molar-refractivity contribution in [2.75, 3.05) is 33.0 Å². The topological polar surface area (TPSA) is 41.9 Å². The van der Waals surface area contributed by atoms with Gasteiger partial charge in [-0.1, -0.05) is 36.2 Å². The molecule has 0 unspecified atom stereocenters. The smallest absolute Gasteiger partial charge is 0.0830 e. The van der Waals surface area contributed by atoms with Gasteiger partial charge in [0.25, 0.3) is 0 Å². The van der Waals surface area contributed by atoms with E-state index in [1.54, 1.807) is 6.07 Å². The van der Waals surface area contributed by atoms with E-state index in [1.165, 1.54) is 0 Å². The van der Waals surface area contributed by atoms with E-state index < -0.39 is 0 Å². The van der Waals surface area contributed by atoms with Gasteiger partial charge in [0.05, 0.1) is 19.3 Å². The Morgan fingerprint density at radius 3 is 2.88 bits per heavy atom. The van der Waals surface area contributed by atoms with Crippen LogP contribution in [0, 0.1) is 0 Å². The third kappa shape index (κ3) is 6.17. The SMILES string of the molecule is CC[C@@H](CO)N(CCCO[C@H]1CCOC1)Cc1ccc(Cl)cc1Cl. The molecule has 1 saturated heterocycles. The maximum Gasteiger partial charge on any atom is 0.0830 e. The zero-order valence-corrected chi connectivity index (χ0v) is 15.7. The largest absolute Gasteiger partial charge is 0.395 e. The molecule has 1 aromatic rings. The summed E-state index contributed by atoms with van der Waals surface area (Å²) in [6.07, 6.45) is 3.03. The quantitative estimate of drug-likeness (QED) is 0.632. The number of ether oxygens (including phenoxy) is 2. The standard InChI is InChI=1S/C18H27Cl2NO3/c1-2-16(12-22)21(7-3-8-24-17-6-9-23-13-17)11-14-4-5-15(19)10-18(14)20/h4-5,10,16-17,22H,2-3,6-9,11-13H2,1H3/t16-,17-/m0/s1. The molecule has 6 heteroatoms. The maximum absolute atomic E-state index is 9.67. The van der Waals surface area contributed by atoms with Gasteiger partial charge in [0.1, 0.15) is 0 Å². The fourth-order valence-corrected chi connectivity index (χ4v) is 3.39. The van der Waals surface area contributed by atoms with Crippen LogP contribution in [0.4, 0.5) is 0 Å². The Morgan fingerprint density at radius 1 is 1.42 bits per heavy atom. The molecule has 1 fully saturated rings. The van der Waals surface area contributed by atoms with Gasteiger partial charge in [-0.15, -0.1) is 0 Å². The monoisotopic (exact) mass is 375 g/mol. The lowest BCUT2D eigenvalue weighted by Crippen LogP contribution is -2.38. The van der Waals surface area contributed by atoms with Crippen molar-refractivity contribution >= 4 is 23.2 Å². The first kappa shape index (κ1) is 20.0. The fourth-order valence-electron chi connectivity index (χ4n) is 2.92. The second kappa shape index (κ2) is 10.6. The van der Waals surface area contributed by atoms with Gasteiger partial charge in [-0.2, -0.15) is 0 Å². The molecule has 0 aliphatic carbocycles. The van der Waals surface area contributed by atoms with Crippen LogP contribution in [0.15, 0.2) is 18.2 Å². The van der Waals surface area contributed by atoms with Gasteiger partial charge in [0.15, 0.2) is 0 Å². The molecule has 24 heavy (non-hydrogen) atoms. The molecule has 0 radical (unpaired) electrons. The van der Waals surface area contributed by atoms with Crippen molar-refractivity contribution < 1.29 is 14.6 Å². The normalized spacial score (nSPS) is 19.1. The van der Waals surface area contributed by atoms with E-state index in [-0.39, 0.29) is 18.8 Å². The summed E-state index contributed by atoms with van der Waals surface area (Å²) in [5.41, 5.74) is 1.03. The van der Waals surface area contributed by atoms with Crippen molar-refractivity contribution in [3.05, 3.63) is 33.8 Å². The van der Waals surface area contributed by atoms with Gasteiger partial charge in [-0.25, -0.2) is 0 Å². The van der Waals surface area contributed by atoms with Gasteiger partial charge in [-0.05, 0) is 37.0 Å². The molecular weight excluding hydrogens is 349 g/mol. The van der Waals surface area contributed by atoms with E-state index >= 15 is 0 Å². The summed E-state index contributed by atoms with van der Waals surface area (Å²) in [4.78, 5) is 2.27. The average molecular weight is 376 g/mol. The van der Waals surface area contributed by atoms with Gasteiger partial charge in [-0.3, -0.25) is 4.90 Å². The molecule has 1 aliphatic rings. The van der Waals surface area contributed by atoms with Gasteiger partial charge < -0.3 is 14.6 Å². The highest BCUT2D eigenvalue weighted by Gasteiger charge is 2.19. The van der Waals surface area contributed by atoms with Gasteiger partial charge >= 0.3 is 0 Å². The lowest BCUT2D eigenvalue weighted by atomic mass is 10.1. The third-order valence-corrected chi connectivity index (χ3v) is 5.01. The highest BCUT2D eigenvalue weighted by Crippen LogP contribution is 2.23. The minimum atomic E-state index is 0.117. The summed E-state index contributed by atoms with van der Waals surface area (Å²) >= 11 is 12.3. The molecule has 0 amide bonds. The van der Waals surface area contributed by atoms with Crippen LogP contribution in [0.2, 0.25) is 10.0 Å². The Kier molecular flexibility index (Phi) is 8.81. The molecule has 2 rings (SSSR count). The molecular formula is C18H27Cl2NO3. The van der Waals surface area contributed by atoms with E-state index in [0.29, 0.717) is 29.8 Å². The lowest BCUT2D eigenvalue weighted by Gasteiger charge is -2.30. The van der Waals surface area contributed by atoms with Crippen molar-refractivity contribution in [2.24, 2.45) is 0 Å². The van der Waals surface area contributed by atoms with E-state index in [2.05, 4.69) is 11.8 Å². The minimum absolute atomic E-state index is 0.117. The van der Waals surface area contributed by atoms with Crippen LogP contribution in [-0.2, 0) is 16.0 Å². The summed E-state index contributed by atoms with van der Waals surface area (Å²) < 4.78 is 11.1. The van der Waals surface area contributed by atoms with Crippen LogP contribution in [0.5, 0.6) is 0 Å². The number of benzene rings is 1. The second-order valence-electron chi connectivity index (χ2n) is 6.16. The number of hydrogen-bond donors (Lipinski definition) is 1. The number of halogens is 2. The molecule has 4 nitrogen and oxygen atoms in total. The van der Waals surface area contributed by atoms with Crippen molar-refractivity contribution in [3.63, 3.8) is 0 Å². The summed E-state index contributed by atoms with van der Waals surface area (Å²) in [6, 6.07) is 5.68. The molecule has 2 atom stereocenters. The van der Waals surface area contributed by atoms with E-state index in [1.807, 2.05) is 12.1 Å². The molecule has 1 N–H and O–H groups in total. The number of aliphatic hydroxyl groups is 1. The van der Waals surface area contributed by atoms with Crippen LogP contribution in [-0.4, -0.2) is 55.1 Å². The zero-order valence-electron chi connectivity index (χ0n) is 14.2. The highest BCUT2D eigenvalue weighted by molar-refractivity contribution is 6.35. The molecule has 1 aliphatic heterocycles. The van der Waals surface area contributed by atoms with Gasteiger partial charge in [0, 0.05) is 42.4 Å². The summed E-state index contributed by atoms with van der Waals surface area (Å²) in [7, 11) is 0. The number of aliphatic hydroxyl groups excluding tert-OH is 1. The van der Waals surface area contributed by atoms with Crippen LogP contribution in [0.3, 0.4) is 0 Å². The molecule has 0 aromatic heterocycles. The van der Waals surface area contributed by atoms with Crippen LogP contribution in [0.1, 0.15) is 31.7 Å². The van der Waals surface area contributed by atoms with Crippen molar-refractivity contribution in [1.29, 1.82) is 0 Å². The number of hydrogen-bond acceptors (Lipinski definition) is 4. The first-order valence-corrected chi connectivity index (χ1v) is 9.37. The first-order valence-electron chi connectivity index (χ1n) is 8.62. The van der Waals surface area contributed by atoms with Crippen LogP contribution < -0.4 is 0 Å². The average Bonchev–Trinajstić information content (AvgIpc) is 3.08.